The minimum absolute atomic E-state index is 0.303. The van der Waals surface area contributed by atoms with Crippen LogP contribution in [0.25, 0.3) is 10.9 Å². The van der Waals surface area contributed by atoms with Crippen molar-refractivity contribution in [1.29, 1.82) is 0 Å². The SMILES string of the molecule is CN(C)c1cc(NC2CCC(CNC(=O)OCc3ccccc3)CC2)nc2ccccc12. The normalized spacial score (nSPS) is 18.2. The molecule has 0 aliphatic heterocycles. The number of alkyl carbamates (subject to hydrolysis) is 1. The molecule has 2 N–H and O–H groups in total. The number of nitrogens with zero attached hydrogens (tertiary/aromatic N) is 2. The van der Waals surface area contributed by atoms with E-state index in [2.05, 4.69) is 53.9 Å². The molecule has 1 aliphatic carbocycles. The van der Waals surface area contributed by atoms with Gasteiger partial charge in [0.25, 0.3) is 0 Å². The van der Waals surface area contributed by atoms with Crippen LogP contribution in [0.1, 0.15) is 31.2 Å². The van der Waals surface area contributed by atoms with Gasteiger partial charge in [0.05, 0.1) is 5.52 Å². The molecule has 1 fully saturated rings. The Labute approximate surface area is 190 Å². The van der Waals surface area contributed by atoms with E-state index in [1.807, 2.05) is 36.4 Å². The molecule has 0 atom stereocenters. The summed E-state index contributed by atoms with van der Waals surface area (Å²) < 4.78 is 5.31. The Morgan fingerprint density at radius 2 is 1.75 bits per heavy atom. The second-order valence-electron chi connectivity index (χ2n) is 8.74. The first-order valence-electron chi connectivity index (χ1n) is 11.4. The molecule has 0 radical (unpaired) electrons. The van der Waals surface area contributed by atoms with E-state index in [0.29, 0.717) is 25.1 Å². The zero-order valence-electron chi connectivity index (χ0n) is 18.9. The smallest absolute Gasteiger partial charge is 0.407 e. The maximum absolute atomic E-state index is 12.0. The fraction of sp³-hybridized carbons (Fsp3) is 0.385. The summed E-state index contributed by atoms with van der Waals surface area (Å²) in [6, 6.07) is 20.5. The van der Waals surface area contributed by atoms with Crippen LogP contribution in [0.4, 0.5) is 16.3 Å². The summed E-state index contributed by atoms with van der Waals surface area (Å²) in [7, 11) is 4.13. The lowest BCUT2D eigenvalue weighted by Crippen LogP contribution is -2.34. The van der Waals surface area contributed by atoms with E-state index in [9.17, 15) is 4.79 Å². The van der Waals surface area contributed by atoms with Gasteiger partial charge in [-0.25, -0.2) is 9.78 Å². The number of para-hydroxylation sites is 1. The highest BCUT2D eigenvalue weighted by Crippen LogP contribution is 2.30. The van der Waals surface area contributed by atoms with Crippen LogP contribution in [0.3, 0.4) is 0 Å². The van der Waals surface area contributed by atoms with E-state index in [0.717, 1.165) is 48.0 Å². The minimum Gasteiger partial charge on any atom is -0.445 e. The van der Waals surface area contributed by atoms with Gasteiger partial charge >= 0.3 is 6.09 Å². The fourth-order valence-electron chi connectivity index (χ4n) is 4.32. The maximum Gasteiger partial charge on any atom is 0.407 e. The van der Waals surface area contributed by atoms with Gasteiger partial charge in [0, 0.05) is 43.8 Å². The minimum atomic E-state index is -0.342. The molecule has 32 heavy (non-hydrogen) atoms. The van der Waals surface area contributed by atoms with Crippen molar-refractivity contribution in [2.75, 3.05) is 30.9 Å². The molecule has 2 aromatic carbocycles. The fourth-order valence-corrected chi connectivity index (χ4v) is 4.32. The van der Waals surface area contributed by atoms with Crippen LogP contribution in [0, 0.1) is 5.92 Å². The number of fused-ring (bicyclic) bond motifs is 1. The number of aromatic nitrogens is 1. The molecule has 6 heteroatoms. The Kier molecular flexibility index (Phi) is 7.10. The van der Waals surface area contributed by atoms with Gasteiger partial charge in [-0.15, -0.1) is 0 Å². The average Bonchev–Trinajstić information content (AvgIpc) is 2.82. The number of amides is 1. The van der Waals surface area contributed by atoms with Gasteiger partial charge in [0.15, 0.2) is 0 Å². The molecule has 0 unspecified atom stereocenters. The van der Waals surface area contributed by atoms with Gasteiger partial charge < -0.3 is 20.3 Å². The van der Waals surface area contributed by atoms with Crippen molar-refractivity contribution in [1.82, 2.24) is 10.3 Å². The summed E-state index contributed by atoms with van der Waals surface area (Å²) in [5, 5.41) is 7.73. The van der Waals surface area contributed by atoms with Gasteiger partial charge in [-0.05, 0) is 43.2 Å². The zero-order valence-corrected chi connectivity index (χ0v) is 18.9. The van der Waals surface area contributed by atoms with Gasteiger partial charge in [-0.3, -0.25) is 0 Å². The van der Waals surface area contributed by atoms with Crippen molar-refractivity contribution in [3.05, 3.63) is 66.2 Å². The summed E-state index contributed by atoms with van der Waals surface area (Å²) in [6.07, 6.45) is 3.94. The van der Waals surface area contributed by atoms with Gasteiger partial charge in [0.1, 0.15) is 12.4 Å². The van der Waals surface area contributed by atoms with Crippen LogP contribution in [-0.2, 0) is 11.3 Å². The van der Waals surface area contributed by atoms with Crippen LogP contribution >= 0.6 is 0 Å². The average molecular weight is 433 g/mol. The number of rotatable bonds is 7. The molecule has 3 aromatic rings. The molecule has 1 heterocycles. The van der Waals surface area contributed by atoms with Crippen molar-refractivity contribution in [3.8, 4) is 0 Å². The summed E-state index contributed by atoms with van der Waals surface area (Å²) >= 11 is 0. The highest BCUT2D eigenvalue weighted by Gasteiger charge is 2.22. The predicted octanol–water partition coefficient (Wildman–Crippen LogP) is 5.20. The van der Waals surface area contributed by atoms with Crippen LogP contribution in [0.15, 0.2) is 60.7 Å². The second-order valence-corrected chi connectivity index (χ2v) is 8.74. The number of carbonyl (C=O) groups excluding carboxylic acids is 1. The molecular weight excluding hydrogens is 400 g/mol. The first-order chi connectivity index (χ1) is 15.6. The van der Waals surface area contributed by atoms with Gasteiger partial charge in [-0.1, -0.05) is 48.5 Å². The van der Waals surface area contributed by atoms with E-state index in [1.165, 1.54) is 5.69 Å². The van der Waals surface area contributed by atoms with E-state index in [1.54, 1.807) is 0 Å². The standard InChI is InChI=1S/C26H32N4O2/c1-30(2)24-16-25(29-23-11-7-6-10-22(23)24)28-21-14-12-19(13-15-21)17-27-26(31)32-18-20-8-4-3-5-9-20/h3-11,16,19,21H,12-15,17-18H2,1-2H3,(H,27,31)(H,28,29). The molecular formula is C26H32N4O2. The summed E-state index contributed by atoms with van der Waals surface area (Å²) in [4.78, 5) is 19.0. The number of pyridine rings is 1. The number of benzene rings is 2. The molecule has 1 saturated carbocycles. The molecule has 4 rings (SSSR count). The molecule has 0 saturated heterocycles. The first kappa shape index (κ1) is 21.9. The molecule has 0 bridgehead atoms. The Hall–Kier alpha value is -3.28. The highest BCUT2D eigenvalue weighted by atomic mass is 16.5. The molecule has 0 spiro atoms. The molecule has 168 valence electrons. The summed E-state index contributed by atoms with van der Waals surface area (Å²) in [6.45, 7) is 0.969. The zero-order chi connectivity index (χ0) is 22.3. The Bertz CT molecular complexity index is 1030. The second kappa shape index (κ2) is 10.4. The van der Waals surface area contributed by atoms with E-state index >= 15 is 0 Å². The predicted molar refractivity (Wildman–Crippen MR) is 130 cm³/mol. The molecule has 6 nitrogen and oxygen atoms in total. The number of hydrogen-bond acceptors (Lipinski definition) is 5. The van der Waals surface area contributed by atoms with Crippen molar-refractivity contribution in [3.63, 3.8) is 0 Å². The number of hydrogen-bond donors (Lipinski definition) is 2. The topological polar surface area (TPSA) is 66.5 Å². The quantitative estimate of drug-likeness (QED) is 0.537. The lowest BCUT2D eigenvalue weighted by molar-refractivity contribution is 0.136. The lowest BCUT2D eigenvalue weighted by Gasteiger charge is -2.30. The van der Waals surface area contributed by atoms with Crippen LogP contribution in [0.2, 0.25) is 0 Å². The monoisotopic (exact) mass is 432 g/mol. The number of nitrogens with one attached hydrogen (secondary N) is 2. The number of anilines is 2. The maximum atomic E-state index is 12.0. The van der Waals surface area contributed by atoms with E-state index < -0.39 is 0 Å². The lowest BCUT2D eigenvalue weighted by atomic mass is 9.86. The van der Waals surface area contributed by atoms with Crippen LogP contribution < -0.4 is 15.5 Å². The summed E-state index contributed by atoms with van der Waals surface area (Å²) in [5.74, 6) is 1.41. The van der Waals surface area contributed by atoms with E-state index in [-0.39, 0.29) is 6.09 Å². The Balaban J connectivity index is 1.24. The Morgan fingerprint density at radius 1 is 1.03 bits per heavy atom. The van der Waals surface area contributed by atoms with Crippen LogP contribution in [0.5, 0.6) is 0 Å². The third-order valence-electron chi connectivity index (χ3n) is 6.12. The van der Waals surface area contributed by atoms with Crippen molar-refractivity contribution in [2.45, 2.75) is 38.3 Å². The van der Waals surface area contributed by atoms with Crippen molar-refractivity contribution < 1.29 is 9.53 Å². The van der Waals surface area contributed by atoms with E-state index in [4.69, 9.17) is 9.72 Å². The Morgan fingerprint density at radius 3 is 2.50 bits per heavy atom. The third kappa shape index (κ3) is 5.69. The number of carbonyl (C=O) groups is 1. The van der Waals surface area contributed by atoms with Gasteiger partial charge in [-0.2, -0.15) is 0 Å². The molecule has 1 aromatic heterocycles. The van der Waals surface area contributed by atoms with Crippen molar-refractivity contribution >= 4 is 28.5 Å². The largest absolute Gasteiger partial charge is 0.445 e. The molecule has 1 amide bonds. The number of ether oxygens (including phenoxy) is 1. The summed E-state index contributed by atoms with van der Waals surface area (Å²) in [5.41, 5.74) is 3.17. The van der Waals surface area contributed by atoms with Crippen molar-refractivity contribution in [2.24, 2.45) is 5.92 Å². The molecule has 1 aliphatic rings. The third-order valence-corrected chi connectivity index (χ3v) is 6.12. The highest BCUT2D eigenvalue weighted by molar-refractivity contribution is 5.93. The first-order valence-corrected chi connectivity index (χ1v) is 11.4. The van der Waals surface area contributed by atoms with Gasteiger partial charge in [0.2, 0.25) is 0 Å². The van der Waals surface area contributed by atoms with Crippen LogP contribution in [-0.4, -0.2) is 37.8 Å².